The van der Waals surface area contributed by atoms with Gasteiger partial charge in [0.1, 0.15) is 0 Å². The van der Waals surface area contributed by atoms with Crippen LogP contribution in [0, 0.1) is 0 Å². The summed E-state index contributed by atoms with van der Waals surface area (Å²) in [6, 6.07) is -0.0461. The van der Waals surface area contributed by atoms with E-state index in [2.05, 4.69) is 5.32 Å². The normalized spacial score (nSPS) is 25.0. The molecule has 17 heavy (non-hydrogen) atoms. The van der Waals surface area contributed by atoms with Gasteiger partial charge in [0, 0.05) is 13.7 Å². The molecule has 0 aromatic carbocycles. The summed E-state index contributed by atoms with van der Waals surface area (Å²) in [5.41, 5.74) is 0. The summed E-state index contributed by atoms with van der Waals surface area (Å²) in [5, 5.41) is 2.09. The van der Waals surface area contributed by atoms with Crippen LogP contribution >= 0.6 is 0 Å². The first-order valence-corrected chi connectivity index (χ1v) is 5.46. The van der Waals surface area contributed by atoms with Crippen LogP contribution in [0.3, 0.4) is 0 Å². The number of nitrogens with zero attached hydrogens (tertiary/aromatic N) is 1. The minimum atomic E-state index is -4.29. The molecule has 4 nitrogen and oxygen atoms in total. The van der Waals surface area contributed by atoms with Crippen molar-refractivity contribution in [2.24, 2.45) is 0 Å². The molecule has 1 aliphatic heterocycles. The highest BCUT2D eigenvalue weighted by molar-refractivity contribution is 5.78. The molecule has 7 heteroatoms. The van der Waals surface area contributed by atoms with Crippen LogP contribution in [-0.4, -0.2) is 55.9 Å². The van der Waals surface area contributed by atoms with Crippen molar-refractivity contribution in [3.05, 3.63) is 0 Å². The van der Waals surface area contributed by atoms with Crippen LogP contribution in [0.5, 0.6) is 0 Å². The average Bonchev–Trinajstić information content (AvgIpc) is 2.61. The van der Waals surface area contributed by atoms with E-state index in [1.54, 1.807) is 7.05 Å². The van der Waals surface area contributed by atoms with Crippen molar-refractivity contribution < 1.29 is 22.7 Å². The summed E-state index contributed by atoms with van der Waals surface area (Å²) >= 11 is 0. The van der Waals surface area contributed by atoms with Crippen LogP contribution < -0.4 is 5.32 Å². The van der Waals surface area contributed by atoms with E-state index in [0.717, 1.165) is 6.42 Å². The number of ether oxygens (including phenoxy) is 1. The lowest BCUT2D eigenvalue weighted by Gasteiger charge is -2.27. The fourth-order valence-electron chi connectivity index (χ4n) is 1.85. The van der Waals surface area contributed by atoms with Gasteiger partial charge in [-0.3, -0.25) is 4.79 Å². The number of halogens is 3. The van der Waals surface area contributed by atoms with Crippen LogP contribution in [0.2, 0.25) is 0 Å². The lowest BCUT2D eigenvalue weighted by atomic mass is 10.1. The highest BCUT2D eigenvalue weighted by Gasteiger charge is 2.31. The monoisotopic (exact) mass is 254 g/mol. The van der Waals surface area contributed by atoms with Crippen molar-refractivity contribution in [1.29, 1.82) is 0 Å². The Kier molecular flexibility index (Phi) is 4.76. The van der Waals surface area contributed by atoms with E-state index >= 15 is 0 Å². The molecular weight excluding hydrogens is 237 g/mol. The summed E-state index contributed by atoms with van der Waals surface area (Å²) < 4.78 is 40.9. The lowest BCUT2D eigenvalue weighted by molar-refractivity contribution is -0.135. The Morgan fingerprint density at radius 1 is 1.53 bits per heavy atom. The van der Waals surface area contributed by atoms with Gasteiger partial charge in [-0.15, -0.1) is 0 Å². The van der Waals surface area contributed by atoms with Gasteiger partial charge in [0.25, 0.3) is 0 Å². The van der Waals surface area contributed by atoms with Gasteiger partial charge in [-0.05, 0) is 13.3 Å². The standard InChI is InChI=1S/C10H17F3N2O2/c1-7-8(3-4-17-7)15(2)9(16)5-14-6-10(11,12)13/h7-8,14H,3-6H2,1-2H3. The van der Waals surface area contributed by atoms with E-state index in [1.807, 2.05) is 6.92 Å². The number of carbonyl (C=O) groups excluding carboxylic acids is 1. The van der Waals surface area contributed by atoms with Gasteiger partial charge in [-0.25, -0.2) is 0 Å². The van der Waals surface area contributed by atoms with Gasteiger partial charge < -0.3 is 15.0 Å². The third-order valence-corrected chi connectivity index (χ3v) is 2.83. The maximum Gasteiger partial charge on any atom is 0.401 e. The highest BCUT2D eigenvalue weighted by Crippen LogP contribution is 2.18. The molecule has 0 spiro atoms. The number of hydrogen-bond acceptors (Lipinski definition) is 3. The smallest absolute Gasteiger partial charge is 0.376 e. The number of hydrogen-bond donors (Lipinski definition) is 1. The number of likely N-dealkylation sites (N-methyl/N-ethyl adjacent to an activating group) is 1. The number of rotatable bonds is 4. The second-order valence-corrected chi connectivity index (χ2v) is 4.16. The fourth-order valence-corrected chi connectivity index (χ4v) is 1.85. The third-order valence-electron chi connectivity index (χ3n) is 2.83. The maximum atomic E-state index is 11.9. The van der Waals surface area contributed by atoms with Gasteiger partial charge >= 0.3 is 6.18 Å². The van der Waals surface area contributed by atoms with Crippen molar-refractivity contribution >= 4 is 5.91 Å². The molecule has 1 aliphatic rings. The molecule has 1 N–H and O–H groups in total. The number of alkyl halides is 3. The first kappa shape index (κ1) is 14.2. The Morgan fingerprint density at radius 2 is 2.18 bits per heavy atom. The fraction of sp³-hybridized carbons (Fsp3) is 0.900. The molecule has 2 unspecified atom stereocenters. The molecule has 0 radical (unpaired) electrons. The molecule has 0 aliphatic carbocycles. The van der Waals surface area contributed by atoms with Crippen LogP contribution in [0.25, 0.3) is 0 Å². The highest BCUT2D eigenvalue weighted by atomic mass is 19.4. The van der Waals surface area contributed by atoms with E-state index in [4.69, 9.17) is 4.74 Å². The van der Waals surface area contributed by atoms with Crippen molar-refractivity contribution in [2.45, 2.75) is 31.7 Å². The molecule has 1 heterocycles. The SMILES string of the molecule is CC1OCCC1N(C)C(=O)CNCC(F)(F)F. The predicted molar refractivity (Wildman–Crippen MR) is 55.5 cm³/mol. The molecule has 0 saturated carbocycles. The Bertz CT molecular complexity index is 271. The Hall–Kier alpha value is -0.820. The first-order chi connectivity index (χ1) is 7.81. The van der Waals surface area contributed by atoms with E-state index < -0.39 is 12.7 Å². The zero-order valence-electron chi connectivity index (χ0n) is 9.88. The van der Waals surface area contributed by atoms with Gasteiger partial charge in [0.15, 0.2) is 0 Å². The Balaban J connectivity index is 2.32. The third kappa shape index (κ3) is 4.51. The lowest BCUT2D eigenvalue weighted by Crippen LogP contribution is -2.46. The zero-order valence-corrected chi connectivity index (χ0v) is 9.88. The van der Waals surface area contributed by atoms with Gasteiger partial charge in [0.2, 0.25) is 5.91 Å². The summed E-state index contributed by atoms with van der Waals surface area (Å²) in [6.45, 7) is 0.979. The molecule has 1 saturated heterocycles. The molecule has 100 valence electrons. The zero-order chi connectivity index (χ0) is 13.1. The molecule has 1 fully saturated rings. The number of nitrogens with one attached hydrogen (secondary N) is 1. The first-order valence-electron chi connectivity index (χ1n) is 5.46. The molecule has 0 aromatic heterocycles. The van der Waals surface area contributed by atoms with Crippen molar-refractivity contribution in [1.82, 2.24) is 10.2 Å². The quantitative estimate of drug-likeness (QED) is 0.806. The second-order valence-electron chi connectivity index (χ2n) is 4.16. The van der Waals surface area contributed by atoms with Gasteiger partial charge in [-0.2, -0.15) is 13.2 Å². The summed E-state index contributed by atoms with van der Waals surface area (Å²) in [7, 11) is 1.59. The van der Waals surface area contributed by atoms with E-state index in [1.165, 1.54) is 4.90 Å². The summed E-state index contributed by atoms with van der Waals surface area (Å²) in [4.78, 5) is 13.1. The van der Waals surface area contributed by atoms with Crippen molar-refractivity contribution in [3.8, 4) is 0 Å². The number of amides is 1. The second kappa shape index (κ2) is 5.68. The maximum absolute atomic E-state index is 11.9. The summed E-state index contributed by atoms with van der Waals surface area (Å²) in [5.74, 6) is -0.350. The molecule has 1 rings (SSSR count). The van der Waals surface area contributed by atoms with E-state index in [9.17, 15) is 18.0 Å². The molecular formula is C10H17F3N2O2. The van der Waals surface area contributed by atoms with Crippen molar-refractivity contribution in [3.63, 3.8) is 0 Å². The minimum Gasteiger partial charge on any atom is -0.376 e. The van der Waals surface area contributed by atoms with Gasteiger partial charge in [0.05, 0.1) is 25.2 Å². The molecule has 0 aromatic rings. The predicted octanol–water partition coefficient (Wildman–Crippen LogP) is 0.774. The van der Waals surface area contributed by atoms with Crippen LogP contribution in [0.1, 0.15) is 13.3 Å². The van der Waals surface area contributed by atoms with Gasteiger partial charge in [-0.1, -0.05) is 0 Å². The topological polar surface area (TPSA) is 41.6 Å². The molecule has 0 bridgehead atoms. The Labute approximate surface area is 98.1 Å². The van der Waals surface area contributed by atoms with E-state index in [-0.39, 0.29) is 24.6 Å². The van der Waals surface area contributed by atoms with Crippen LogP contribution in [-0.2, 0) is 9.53 Å². The number of carbonyl (C=O) groups is 1. The average molecular weight is 254 g/mol. The minimum absolute atomic E-state index is 0.0461. The largest absolute Gasteiger partial charge is 0.401 e. The van der Waals surface area contributed by atoms with Crippen molar-refractivity contribution in [2.75, 3.05) is 26.7 Å². The van der Waals surface area contributed by atoms with Crippen LogP contribution in [0.15, 0.2) is 0 Å². The summed E-state index contributed by atoms with van der Waals surface area (Å²) in [6.07, 6.45) is -3.63. The van der Waals surface area contributed by atoms with Crippen LogP contribution in [0.4, 0.5) is 13.2 Å². The molecule has 1 amide bonds. The van der Waals surface area contributed by atoms with E-state index in [0.29, 0.717) is 6.61 Å². The Morgan fingerprint density at radius 3 is 2.65 bits per heavy atom. The molecule has 2 atom stereocenters.